The van der Waals surface area contributed by atoms with Gasteiger partial charge in [-0.15, -0.1) is 0 Å². The van der Waals surface area contributed by atoms with Crippen LogP contribution in [0.25, 0.3) is 0 Å². The standard InChI is InChI=1S/C10H19N3O2/c1-7(2)11-5-6-12-10(15)8-3-4-9(14)13-8/h7-8,11H,3-6H2,1-2H3,(H,12,15)(H,13,14)/t8-/m0/s1. The van der Waals surface area contributed by atoms with Crippen LogP contribution in [0.2, 0.25) is 0 Å². The first kappa shape index (κ1) is 12.0. The van der Waals surface area contributed by atoms with Crippen LogP contribution < -0.4 is 16.0 Å². The Morgan fingerprint density at radius 3 is 2.80 bits per heavy atom. The zero-order valence-corrected chi connectivity index (χ0v) is 9.30. The van der Waals surface area contributed by atoms with Gasteiger partial charge >= 0.3 is 0 Å². The largest absolute Gasteiger partial charge is 0.353 e. The van der Waals surface area contributed by atoms with Crippen molar-refractivity contribution in [1.82, 2.24) is 16.0 Å². The lowest BCUT2D eigenvalue weighted by atomic mass is 10.2. The quantitative estimate of drug-likeness (QED) is 0.533. The summed E-state index contributed by atoms with van der Waals surface area (Å²) in [6.45, 7) is 5.46. The lowest BCUT2D eigenvalue weighted by Gasteiger charge is -2.12. The van der Waals surface area contributed by atoms with Gasteiger partial charge in [0.05, 0.1) is 0 Å². The first-order valence-electron chi connectivity index (χ1n) is 5.40. The van der Waals surface area contributed by atoms with E-state index in [1.54, 1.807) is 0 Å². The highest BCUT2D eigenvalue weighted by Gasteiger charge is 2.26. The molecule has 0 spiro atoms. The second-order valence-corrected chi connectivity index (χ2v) is 4.06. The van der Waals surface area contributed by atoms with Crippen molar-refractivity contribution in [3.63, 3.8) is 0 Å². The Kier molecular flexibility index (Phi) is 4.55. The summed E-state index contributed by atoms with van der Waals surface area (Å²) < 4.78 is 0. The van der Waals surface area contributed by atoms with Gasteiger partial charge in [-0.25, -0.2) is 0 Å². The molecule has 1 saturated heterocycles. The number of nitrogens with one attached hydrogen (secondary N) is 3. The third-order valence-corrected chi connectivity index (χ3v) is 2.29. The van der Waals surface area contributed by atoms with E-state index in [0.29, 0.717) is 25.4 Å². The highest BCUT2D eigenvalue weighted by atomic mass is 16.2. The Morgan fingerprint density at radius 2 is 2.27 bits per heavy atom. The van der Waals surface area contributed by atoms with Gasteiger partial charge in [0.2, 0.25) is 11.8 Å². The minimum Gasteiger partial charge on any atom is -0.353 e. The van der Waals surface area contributed by atoms with Crippen LogP contribution in [0.15, 0.2) is 0 Å². The van der Waals surface area contributed by atoms with Crippen LogP contribution in [0.3, 0.4) is 0 Å². The number of amides is 2. The van der Waals surface area contributed by atoms with Crippen LogP contribution in [0.5, 0.6) is 0 Å². The van der Waals surface area contributed by atoms with Gasteiger partial charge < -0.3 is 16.0 Å². The molecule has 0 aromatic heterocycles. The van der Waals surface area contributed by atoms with Crippen LogP contribution in [-0.4, -0.2) is 37.0 Å². The fraction of sp³-hybridized carbons (Fsp3) is 0.800. The Bertz CT molecular complexity index is 241. The normalized spacial score (nSPS) is 20.5. The van der Waals surface area contributed by atoms with Gasteiger partial charge in [-0.2, -0.15) is 0 Å². The van der Waals surface area contributed by atoms with E-state index in [1.807, 2.05) is 0 Å². The molecule has 0 aromatic carbocycles. The molecule has 2 amide bonds. The third-order valence-electron chi connectivity index (χ3n) is 2.29. The number of hydrogen-bond acceptors (Lipinski definition) is 3. The first-order chi connectivity index (χ1) is 7.09. The lowest BCUT2D eigenvalue weighted by molar-refractivity contribution is -0.125. The molecule has 1 heterocycles. The molecule has 0 aromatic rings. The van der Waals surface area contributed by atoms with Gasteiger partial charge in [-0.3, -0.25) is 9.59 Å². The van der Waals surface area contributed by atoms with Crippen LogP contribution in [0.4, 0.5) is 0 Å². The summed E-state index contributed by atoms with van der Waals surface area (Å²) in [5, 5.41) is 8.61. The van der Waals surface area contributed by atoms with Gasteiger partial charge in [-0.1, -0.05) is 13.8 Å². The molecule has 1 atom stereocenters. The van der Waals surface area contributed by atoms with E-state index in [4.69, 9.17) is 0 Å². The average Bonchev–Trinajstić information content (AvgIpc) is 2.59. The Balaban J connectivity index is 2.11. The Morgan fingerprint density at radius 1 is 1.53 bits per heavy atom. The highest BCUT2D eigenvalue weighted by Crippen LogP contribution is 2.05. The number of rotatable bonds is 5. The van der Waals surface area contributed by atoms with Crippen molar-refractivity contribution in [3.8, 4) is 0 Å². The highest BCUT2D eigenvalue weighted by molar-refractivity contribution is 5.90. The van der Waals surface area contributed by atoms with Crippen molar-refractivity contribution in [2.75, 3.05) is 13.1 Å². The summed E-state index contributed by atoms with van der Waals surface area (Å²) >= 11 is 0. The SMILES string of the molecule is CC(C)NCCNC(=O)[C@@H]1CCC(=O)N1. The van der Waals surface area contributed by atoms with Crippen molar-refractivity contribution in [3.05, 3.63) is 0 Å². The minimum absolute atomic E-state index is 0.0320. The van der Waals surface area contributed by atoms with E-state index >= 15 is 0 Å². The Hall–Kier alpha value is -1.10. The number of carbonyl (C=O) groups excluding carboxylic acids is 2. The van der Waals surface area contributed by atoms with E-state index in [1.165, 1.54) is 0 Å². The van der Waals surface area contributed by atoms with Gasteiger partial charge in [-0.05, 0) is 6.42 Å². The van der Waals surface area contributed by atoms with Gasteiger partial charge in [0.25, 0.3) is 0 Å². The second kappa shape index (κ2) is 5.70. The molecule has 5 nitrogen and oxygen atoms in total. The van der Waals surface area contributed by atoms with Crippen LogP contribution in [0.1, 0.15) is 26.7 Å². The van der Waals surface area contributed by atoms with E-state index < -0.39 is 0 Å². The molecular formula is C10H19N3O2. The molecule has 3 N–H and O–H groups in total. The molecule has 1 rings (SSSR count). The van der Waals surface area contributed by atoms with Gasteiger partial charge in [0.15, 0.2) is 0 Å². The molecule has 0 aliphatic carbocycles. The molecular weight excluding hydrogens is 194 g/mol. The average molecular weight is 213 g/mol. The van der Waals surface area contributed by atoms with Crippen LogP contribution in [-0.2, 0) is 9.59 Å². The minimum atomic E-state index is -0.323. The molecule has 1 aliphatic heterocycles. The van der Waals surface area contributed by atoms with Gasteiger partial charge in [0.1, 0.15) is 6.04 Å². The van der Waals surface area contributed by atoms with Crippen molar-refractivity contribution >= 4 is 11.8 Å². The molecule has 1 fully saturated rings. The fourth-order valence-electron chi connectivity index (χ4n) is 1.48. The number of carbonyl (C=O) groups is 2. The van der Waals surface area contributed by atoms with Crippen molar-refractivity contribution in [1.29, 1.82) is 0 Å². The molecule has 0 radical (unpaired) electrons. The summed E-state index contributed by atoms with van der Waals surface area (Å²) in [5.41, 5.74) is 0. The van der Waals surface area contributed by atoms with E-state index in [9.17, 15) is 9.59 Å². The molecule has 1 aliphatic rings. The molecule has 0 saturated carbocycles. The first-order valence-corrected chi connectivity index (χ1v) is 5.40. The molecule has 15 heavy (non-hydrogen) atoms. The summed E-state index contributed by atoms with van der Waals surface area (Å²) in [5.74, 6) is -0.109. The van der Waals surface area contributed by atoms with Gasteiger partial charge in [0, 0.05) is 25.6 Å². The van der Waals surface area contributed by atoms with Crippen LogP contribution >= 0.6 is 0 Å². The van der Waals surface area contributed by atoms with E-state index in [0.717, 1.165) is 6.54 Å². The molecule has 0 bridgehead atoms. The van der Waals surface area contributed by atoms with Crippen molar-refractivity contribution < 1.29 is 9.59 Å². The Labute approximate surface area is 90.0 Å². The lowest BCUT2D eigenvalue weighted by Crippen LogP contribution is -2.44. The predicted molar refractivity (Wildman–Crippen MR) is 57.3 cm³/mol. The van der Waals surface area contributed by atoms with Crippen molar-refractivity contribution in [2.24, 2.45) is 0 Å². The molecule has 86 valence electrons. The summed E-state index contributed by atoms with van der Waals surface area (Å²) in [7, 11) is 0. The topological polar surface area (TPSA) is 70.2 Å². The molecule has 0 unspecified atom stereocenters. The maximum atomic E-state index is 11.5. The fourth-order valence-corrected chi connectivity index (χ4v) is 1.48. The zero-order chi connectivity index (χ0) is 11.3. The summed E-state index contributed by atoms with van der Waals surface area (Å²) in [4.78, 5) is 22.4. The van der Waals surface area contributed by atoms with Crippen molar-refractivity contribution in [2.45, 2.75) is 38.8 Å². The maximum absolute atomic E-state index is 11.5. The third kappa shape index (κ3) is 4.29. The van der Waals surface area contributed by atoms with Crippen LogP contribution in [0, 0.1) is 0 Å². The zero-order valence-electron chi connectivity index (χ0n) is 9.30. The smallest absolute Gasteiger partial charge is 0.242 e. The summed E-state index contributed by atoms with van der Waals surface area (Å²) in [6, 6.07) is 0.102. The van der Waals surface area contributed by atoms with E-state index in [-0.39, 0.29) is 17.9 Å². The maximum Gasteiger partial charge on any atom is 0.242 e. The second-order valence-electron chi connectivity index (χ2n) is 4.06. The predicted octanol–water partition coefficient (Wildman–Crippen LogP) is -0.621. The summed E-state index contributed by atoms with van der Waals surface area (Å²) in [6.07, 6.45) is 1.07. The monoisotopic (exact) mass is 213 g/mol. The van der Waals surface area contributed by atoms with E-state index in [2.05, 4.69) is 29.8 Å². The molecule has 5 heteroatoms. The number of hydrogen-bond donors (Lipinski definition) is 3.